The molecule has 0 N–H and O–H groups in total. The summed E-state index contributed by atoms with van der Waals surface area (Å²) in [6.45, 7) is 1.16. The zero-order chi connectivity index (χ0) is 8.10. The van der Waals surface area contributed by atoms with E-state index in [0.29, 0.717) is 13.2 Å². The molecule has 1 saturated heterocycles. The first-order valence-corrected chi connectivity index (χ1v) is 4.30. The van der Waals surface area contributed by atoms with Crippen LogP contribution in [0, 0.1) is 0 Å². The average molecular weight is 181 g/mol. The second-order valence-electron chi connectivity index (χ2n) is 1.92. The van der Waals surface area contributed by atoms with Crippen LogP contribution >= 0.6 is 8.25 Å². The molecule has 0 aromatic heterocycles. The average Bonchev–Trinajstić information content (AvgIpc) is 2.37. The van der Waals surface area contributed by atoms with Crippen LogP contribution in [0.25, 0.3) is 0 Å². The molecule has 0 aromatic carbocycles. The number of rotatable bonds is 4. The van der Waals surface area contributed by atoms with E-state index in [1.807, 2.05) is 0 Å². The SMILES string of the molecule is COCCOC1CO[P+](=O)O1. The predicted octanol–water partition coefficient (Wildman–Crippen LogP) is 0.680. The van der Waals surface area contributed by atoms with E-state index < -0.39 is 14.5 Å². The molecule has 0 amide bonds. The van der Waals surface area contributed by atoms with Gasteiger partial charge in [0.05, 0.1) is 13.2 Å². The fourth-order valence-corrected chi connectivity index (χ4v) is 1.24. The highest BCUT2D eigenvalue weighted by Gasteiger charge is 2.38. The quantitative estimate of drug-likeness (QED) is 0.471. The second-order valence-corrected chi connectivity index (χ2v) is 2.83. The molecular formula is C5H10O5P+. The summed E-state index contributed by atoms with van der Waals surface area (Å²) in [4.78, 5) is 0. The lowest BCUT2D eigenvalue weighted by molar-refractivity contribution is -0.0791. The van der Waals surface area contributed by atoms with E-state index in [-0.39, 0.29) is 6.61 Å². The van der Waals surface area contributed by atoms with E-state index in [1.54, 1.807) is 7.11 Å². The molecule has 0 saturated carbocycles. The van der Waals surface area contributed by atoms with E-state index in [2.05, 4.69) is 4.52 Å². The van der Waals surface area contributed by atoms with Crippen LogP contribution in [0.1, 0.15) is 0 Å². The fraction of sp³-hybridized carbons (Fsp3) is 1.00. The molecule has 0 bridgehead atoms. The minimum atomic E-state index is -1.94. The van der Waals surface area contributed by atoms with Crippen LogP contribution < -0.4 is 0 Å². The first kappa shape index (κ1) is 9.03. The molecule has 0 aromatic rings. The molecule has 2 unspecified atom stereocenters. The first-order chi connectivity index (χ1) is 5.33. The molecule has 5 nitrogen and oxygen atoms in total. The Balaban J connectivity index is 2.04. The molecule has 1 rings (SSSR count). The van der Waals surface area contributed by atoms with Gasteiger partial charge in [0, 0.05) is 11.7 Å². The molecule has 2 atom stereocenters. The van der Waals surface area contributed by atoms with E-state index in [4.69, 9.17) is 14.0 Å². The predicted molar refractivity (Wildman–Crippen MR) is 36.3 cm³/mol. The highest BCUT2D eigenvalue weighted by molar-refractivity contribution is 7.33. The molecule has 1 heterocycles. The Labute approximate surface area is 65.5 Å². The van der Waals surface area contributed by atoms with E-state index in [9.17, 15) is 4.57 Å². The molecule has 0 aliphatic carbocycles. The van der Waals surface area contributed by atoms with E-state index >= 15 is 0 Å². The molecule has 1 aliphatic heterocycles. The molecular weight excluding hydrogens is 171 g/mol. The van der Waals surface area contributed by atoms with Crippen molar-refractivity contribution in [1.82, 2.24) is 0 Å². The summed E-state index contributed by atoms with van der Waals surface area (Å²) in [6, 6.07) is 0. The monoisotopic (exact) mass is 181 g/mol. The van der Waals surface area contributed by atoms with Gasteiger partial charge in [0.25, 0.3) is 0 Å². The van der Waals surface area contributed by atoms with Gasteiger partial charge in [0.15, 0.2) is 6.61 Å². The van der Waals surface area contributed by atoms with E-state index in [0.717, 1.165) is 0 Å². The molecule has 0 spiro atoms. The van der Waals surface area contributed by atoms with Crippen LogP contribution in [0.5, 0.6) is 0 Å². The molecule has 6 heteroatoms. The molecule has 0 radical (unpaired) electrons. The van der Waals surface area contributed by atoms with Crippen molar-refractivity contribution in [2.45, 2.75) is 6.29 Å². The van der Waals surface area contributed by atoms with Gasteiger partial charge < -0.3 is 9.47 Å². The van der Waals surface area contributed by atoms with Crippen molar-refractivity contribution >= 4 is 8.25 Å². The van der Waals surface area contributed by atoms with Crippen LogP contribution in [0.4, 0.5) is 0 Å². The molecule has 1 aliphatic rings. The third kappa shape index (κ3) is 3.22. The van der Waals surface area contributed by atoms with Crippen molar-refractivity contribution in [2.75, 3.05) is 26.9 Å². The lowest BCUT2D eigenvalue weighted by Gasteiger charge is -2.02. The summed E-state index contributed by atoms with van der Waals surface area (Å²) in [5, 5.41) is 0. The Kier molecular flexibility index (Phi) is 3.90. The van der Waals surface area contributed by atoms with Gasteiger partial charge in [-0.15, -0.1) is 4.52 Å². The number of hydrogen-bond donors (Lipinski definition) is 0. The van der Waals surface area contributed by atoms with Crippen molar-refractivity contribution in [3.8, 4) is 0 Å². The summed E-state index contributed by atoms with van der Waals surface area (Å²) in [7, 11) is -0.362. The van der Waals surface area contributed by atoms with Crippen molar-refractivity contribution < 1.29 is 23.1 Å². The summed E-state index contributed by atoms with van der Waals surface area (Å²) in [5.74, 6) is 0. The lowest BCUT2D eigenvalue weighted by atomic mass is 10.7. The van der Waals surface area contributed by atoms with Gasteiger partial charge in [-0.25, -0.2) is 0 Å². The van der Waals surface area contributed by atoms with Crippen molar-refractivity contribution in [1.29, 1.82) is 0 Å². The van der Waals surface area contributed by atoms with Gasteiger partial charge in [-0.05, 0) is 0 Å². The van der Waals surface area contributed by atoms with Crippen molar-refractivity contribution in [3.63, 3.8) is 0 Å². The van der Waals surface area contributed by atoms with Crippen LogP contribution in [-0.2, 0) is 23.1 Å². The van der Waals surface area contributed by atoms with Gasteiger partial charge in [0.2, 0.25) is 6.29 Å². The number of ether oxygens (including phenoxy) is 2. The summed E-state index contributed by atoms with van der Waals surface area (Å²) in [6.07, 6.45) is -0.492. The summed E-state index contributed by atoms with van der Waals surface area (Å²) < 4.78 is 29.6. The fourth-order valence-electron chi connectivity index (χ4n) is 0.620. The van der Waals surface area contributed by atoms with Crippen molar-refractivity contribution in [2.24, 2.45) is 0 Å². The van der Waals surface area contributed by atoms with Gasteiger partial charge in [-0.1, -0.05) is 4.52 Å². The molecule has 64 valence electrons. The largest absolute Gasteiger partial charge is 0.700 e. The Bertz CT molecular complexity index is 139. The summed E-state index contributed by atoms with van der Waals surface area (Å²) in [5.41, 5.74) is 0. The van der Waals surface area contributed by atoms with Gasteiger partial charge >= 0.3 is 8.25 Å². The molecule has 1 fully saturated rings. The molecule has 11 heavy (non-hydrogen) atoms. The maximum absolute atomic E-state index is 10.5. The topological polar surface area (TPSA) is 54.0 Å². The Morgan fingerprint density at radius 2 is 2.45 bits per heavy atom. The van der Waals surface area contributed by atoms with Crippen LogP contribution in [-0.4, -0.2) is 33.2 Å². The number of hydrogen-bond acceptors (Lipinski definition) is 5. The maximum atomic E-state index is 10.5. The lowest BCUT2D eigenvalue weighted by Crippen LogP contribution is -2.16. The minimum absolute atomic E-state index is 0.235. The van der Waals surface area contributed by atoms with Gasteiger partial charge in [-0.2, -0.15) is 0 Å². The zero-order valence-electron chi connectivity index (χ0n) is 6.19. The number of methoxy groups -OCH3 is 1. The van der Waals surface area contributed by atoms with Gasteiger partial charge in [-0.3, -0.25) is 0 Å². The third-order valence-electron chi connectivity index (χ3n) is 1.11. The Hall–Kier alpha value is -0.0600. The highest BCUT2D eigenvalue weighted by atomic mass is 31.1. The van der Waals surface area contributed by atoms with Crippen LogP contribution in [0.15, 0.2) is 0 Å². The third-order valence-corrected chi connectivity index (χ3v) is 1.88. The zero-order valence-corrected chi connectivity index (χ0v) is 7.08. The maximum Gasteiger partial charge on any atom is 0.700 e. The minimum Gasteiger partial charge on any atom is -0.382 e. The van der Waals surface area contributed by atoms with Crippen molar-refractivity contribution in [3.05, 3.63) is 0 Å². The first-order valence-electron chi connectivity index (χ1n) is 3.20. The Morgan fingerprint density at radius 1 is 1.64 bits per heavy atom. The second kappa shape index (κ2) is 4.74. The van der Waals surface area contributed by atoms with Crippen LogP contribution in [0.2, 0.25) is 0 Å². The smallest absolute Gasteiger partial charge is 0.382 e. The Morgan fingerprint density at radius 3 is 3.00 bits per heavy atom. The normalized spacial score (nSPS) is 27.7. The summed E-state index contributed by atoms with van der Waals surface area (Å²) >= 11 is 0. The van der Waals surface area contributed by atoms with Gasteiger partial charge in [0.1, 0.15) is 0 Å². The standard InChI is InChI=1S/C5H10O5P/c1-7-2-3-8-5-4-9-11(6)10-5/h5H,2-4H2,1H3/q+1. The van der Waals surface area contributed by atoms with E-state index in [1.165, 1.54) is 0 Å². The van der Waals surface area contributed by atoms with Crippen LogP contribution in [0.3, 0.4) is 0 Å². The highest BCUT2D eigenvalue weighted by Crippen LogP contribution is 2.33.